The average Bonchev–Trinajstić information content (AvgIpc) is 2.69. The molecule has 6 nitrogen and oxygen atoms in total. The van der Waals surface area contributed by atoms with E-state index in [1.54, 1.807) is 14.2 Å². The highest BCUT2D eigenvalue weighted by molar-refractivity contribution is 9.10. The smallest absolute Gasteiger partial charge is 0.258 e. The summed E-state index contributed by atoms with van der Waals surface area (Å²) < 4.78 is 18.5. The number of nitrogens with zero attached hydrogens (tertiary/aromatic N) is 2. The Hall–Kier alpha value is -1.54. The predicted molar refractivity (Wildman–Crippen MR) is 120 cm³/mol. The van der Waals surface area contributed by atoms with Gasteiger partial charge in [0.2, 0.25) is 0 Å². The van der Waals surface area contributed by atoms with Gasteiger partial charge in [0.05, 0.1) is 24.8 Å². The second-order valence-corrected chi connectivity index (χ2v) is 7.70. The van der Waals surface area contributed by atoms with Crippen molar-refractivity contribution < 1.29 is 14.2 Å². The van der Waals surface area contributed by atoms with E-state index in [1.165, 1.54) is 12.8 Å². The molecule has 1 aromatic carbocycles. The first kappa shape index (κ1) is 22.7. The Bertz CT molecular complexity index is 788. The maximum atomic E-state index is 5.85. The molecule has 1 heterocycles. The summed E-state index contributed by atoms with van der Waals surface area (Å²) in [5.41, 5.74) is 1.45. The van der Waals surface area contributed by atoms with Crippen LogP contribution in [0.1, 0.15) is 39.5 Å². The number of hydrogen-bond donors (Lipinski definition) is 1. The summed E-state index contributed by atoms with van der Waals surface area (Å²) in [6.07, 6.45) is 4.55. The van der Waals surface area contributed by atoms with Crippen molar-refractivity contribution in [2.45, 2.75) is 39.5 Å². The molecule has 0 bridgehead atoms. The van der Waals surface area contributed by atoms with Crippen LogP contribution in [0.5, 0.6) is 17.4 Å². The fourth-order valence-corrected chi connectivity index (χ4v) is 3.61. The molecule has 2 aromatic rings. The zero-order chi connectivity index (χ0) is 20.5. The van der Waals surface area contributed by atoms with E-state index < -0.39 is 0 Å². The summed E-state index contributed by atoms with van der Waals surface area (Å²) in [7, 11) is 3.42. The van der Waals surface area contributed by atoms with Crippen molar-refractivity contribution in [2.75, 3.05) is 32.7 Å². The number of nitrogens with one attached hydrogen (secondary N) is 1. The third-order valence-corrected chi connectivity index (χ3v) is 5.28. The van der Waals surface area contributed by atoms with E-state index in [4.69, 9.17) is 19.2 Å². The van der Waals surface area contributed by atoms with Crippen LogP contribution in [0.25, 0.3) is 11.3 Å². The number of benzene rings is 1. The average molecular weight is 517 g/mol. The second kappa shape index (κ2) is 11.5. The van der Waals surface area contributed by atoms with Gasteiger partial charge in [-0.15, -0.1) is 0 Å². The molecule has 154 valence electrons. The number of aromatic nitrogens is 2. The summed E-state index contributed by atoms with van der Waals surface area (Å²) >= 11 is 7.09. The molecule has 28 heavy (non-hydrogen) atoms. The molecule has 0 saturated carbocycles. The van der Waals surface area contributed by atoms with E-state index in [2.05, 4.69) is 49.1 Å². The molecule has 0 amide bonds. The summed E-state index contributed by atoms with van der Waals surface area (Å²) in [5, 5.41) is 3.07. The van der Waals surface area contributed by atoms with Crippen molar-refractivity contribution in [3.8, 4) is 28.6 Å². The maximum absolute atomic E-state index is 5.85. The number of methoxy groups -OCH3 is 1. The minimum Gasteiger partial charge on any atom is -0.496 e. The number of halogens is 2. The molecule has 0 saturated heterocycles. The Labute approximate surface area is 183 Å². The second-order valence-electron chi connectivity index (χ2n) is 6.09. The summed E-state index contributed by atoms with van der Waals surface area (Å²) in [5.74, 6) is 2.43. The largest absolute Gasteiger partial charge is 0.496 e. The van der Waals surface area contributed by atoms with Crippen LogP contribution in [0.3, 0.4) is 0 Å². The first-order valence-corrected chi connectivity index (χ1v) is 11.0. The monoisotopic (exact) mass is 515 g/mol. The summed E-state index contributed by atoms with van der Waals surface area (Å²) in [4.78, 5) is 9.28. The van der Waals surface area contributed by atoms with Crippen molar-refractivity contribution in [1.82, 2.24) is 9.97 Å². The molecule has 0 atom stereocenters. The number of anilines is 1. The van der Waals surface area contributed by atoms with Gasteiger partial charge >= 0.3 is 0 Å². The molecule has 0 aliphatic rings. The zero-order valence-electron chi connectivity index (χ0n) is 16.8. The fraction of sp³-hybridized carbons (Fsp3) is 0.500. The van der Waals surface area contributed by atoms with E-state index >= 15 is 0 Å². The van der Waals surface area contributed by atoms with Gasteiger partial charge in [0.1, 0.15) is 21.8 Å². The lowest BCUT2D eigenvalue weighted by molar-refractivity contribution is 0.294. The van der Waals surface area contributed by atoms with Gasteiger partial charge in [0.25, 0.3) is 5.88 Å². The van der Waals surface area contributed by atoms with Gasteiger partial charge in [0.15, 0.2) is 5.82 Å². The van der Waals surface area contributed by atoms with E-state index in [1.807, 2.05) is 19.1 Å². The molecule has 8 heteroatoms. The predicted octanol–water partition coefficient (Wildman–Crippen LogP) is 6.08. The quantitative estimate of drug-likeness (QED) is 0.365. The lowest BCUT2D eigenvalue weighted by Crippen LogP contribution is -2.06. The van der Waals surface area contributed by atoms with Crippen LogP contribution in [-0.4, -0.2) is 37.3 Å². The summed E-state index contributed by atoms with van der Waals surface area (Å²) in [6.45, 7) is 5.32. The third kappa shape index (κ3) is 5.73. The molecular formula is C20H27Br2N3O3. The Kier molecular flexibility index (Phi) is 9.31. The lowest BCUT2D eigenvalue weighted by Gasteiger charge is -2.16. The SMILES string of the molecule is CCCCCCOc1nc(Br)c(-c2cc(Br)c(OCC)cc2OC)nc1NC. The van der Waals surface area contributed by atoms with Crippen LogP contribution in [0.15, 0.2) is 21.2 Å². The first-order chi connectivity index (χ1) is 13.5. The van der Waals surface area contributed by atoms with Crippen molar-refractivity contribution in [3.05, 3.63) is 21.2 Å². The van der Waals surface area contributed by atoms with Gasteiger partial charge < -0.3 is 19.5 Å². The van der Waals surface area contributed by atoms with Crippen molar-refractivity contribution >= 4 is 37.7 Å². The van der Waals surface area contributed by atoms with Gasteiger partial charge in [-0.2, -0.15) is 0 Å². The van der Waals surface area contributed by atoms with Crippen LogP contribution in [0.4, 0.5) is 5.82 Å². The van der Waals surface area contributed by atoms with Crippen LogP contribution in [0, 0.1) is 0 Å². The molecule has 0 unspecified atom stereocenters. The molecule has 0 spiro atoms. The highest BCUT2D eigenvalue weighted by atomic mass is 79.9. The minimum atomic E-state index is 0.485. The number of rotatable bonds is 11. The first-order valence-electron chi connectivity index (χ1n) is 9.44. The standard InChI is InChI=1S/C20H27Br2N3O3/c1-5-7-8-9-10-28-20-19(23-3)24-17(18(22)25-20)13-11-14(21)16(27-6-2)12-15(13)26-4/h11-12H,5-10H2,1-4H3,(H,23,24). The molecule has 0 fully saturated rings. The normalized spacial score (nSPS) is 10.6. The molecule has 0 radical (unpaired) electrons. The van der Waals surface area contributed by atoms with Gasteiger partial charge in [-0.1, -0.05) is 26.2 Å². The zero-order valence-corrected chi connectivity index (χ0v) is 19.9. The Morgan fingerprint density at radius 1 is 1.00 bits per heavy atom. The van der Waals surface area contributed by atoms with Gasteiger partial charge in [0, 0.05) is 18.7 Å². The van der Waals surface area contributed by atoms with Crippen LogP contribution in [-0.2, 0) is 0 Å². The van der Waals surface area contributed by atoms with Crippen LogP contribution >= 0.6 is 31.9 Å². The van der Waals surface area contributed by atoms with Crippen LogP contribution in [0.2, 0.25) is 0 Å². The molecule has 1 N–H and O–H groups in total. The van der Waals surface area contributed by atoms with E-state index in [-0.39, 0.29) is 0 Å². The lowest BCUT2D eigenvalue weighted by atomic mass is 10.1. The fourth-order valence-electron chi connectivity index (χ4n) is 2.69. The van der Waals surface area contributed by atoms with Crippen LogP contribution < -0.4 is 19.5 Å². The number of unbranched alkanes of at least 4 members (excludes halogenated alkanes) is 3. The summed E-state index contributed by atoms with van der Waals surface area (Å²) in [6, 6.07) is 3.76. The third-order valence-electron chi connectivity index (χ3n) is 4.10. The van der Waals surface area contributed by atoms with Gasteiger partial charge in [-0.3, -0.25) is 0 Å². The highest BCUT2D eigenvalue weighted by Gasteiger charge is 2.19. The Morgan fingerprint density at radius 2 is 1.79 bits per heavy atom. The molecule has 0 aliphatic carbocycles. The number of hydrogen-bond acceptors (Lipinski definition) is 6. The molecule has 1 aromatic heterocycles. The van der Waals surface area contributed by atoms with Gasteiger partial charge in [-0.05, 0) is 51.3 Å². The van der Waals surface area contributed by atoms with Crippen molar-refractivity contribution in [1.29, 1.82) is 0 Å². The van der Waals surface area contributed by atoms with Crippen molar-refractivity contribution in [2.24, 2.45) is 0 Å². The van der Waals surface area contributed by atoms with Crippen molar-refractivity contribution in [3.63, 3.8) is 0 Å². The Balaban J connectivity index is 2.35. The molecular weight excluding hydrogens is 490 g/mol. The number of ether oxygens (including phenoxy) is 3. The molecule has 0 aliphatic heterocycles. The minimum absolute atomic E-state index is 0.485. The van der Waals surface area contributed by atoms with Gasteiger partial charge in [-0.25, -0.2) is 9.97 Å². The topological polar surface area (TPSA) is 65.5 Å². The van der Waals surface area contributed by atoms with E-state index in [9.17, 15) is 0 Å². The highest BCUT2D eigenvalue weighted by Crippen LogP contribution is 2.41. The maximum Gasteiger partial charge on any atom is 0.258 e. The Morgan fingerprint density at radius 3 is 2.43 bits per heavy atom. The van der Waals surface area contributed by atoms with E-state index in [0.717, 1.165) is 22.9 Å². The molecule has 2 rings (SSSR count). The van der Waals surface area contributed by atoms with E-state index in [0.29, 0.717) is 46.7 Å².